The molecular weight excluding hydrogens is 350 g/mol. The monoisotopic (exact) mass is 371 g/mol. The standard InChI is InChI=1S/C23H21N3O2/c1-16-13-14-20-24-21(18-9-5-3-6-10-18)22(26(20)15-16)25-23(27)17(2)28-19-11-7-4-8-12-19/h3-15,17H,1-2H3,(H,25,27). The molecule has 0 saturated heterocycles. The van der Waals surface area contributed by atoms with Gasteiger partial charge in [0.25, 0.3) is 5.91 Å². The summed E-state index contributed by atoms with van der Waals surface area (Å²) in [4.78, 5) is 17.6. The van der Waals surface area contributed by atoms with Gasteiger partial charge in [-0.15, -0.1) is 0 Å². The number of ether oxygens (including phenoxy) is 1. The minimum atomic E-state index is -0.651. The Labute approximate surface area is 163 Å². The Kier molecular flexibility index (Phi) is 4.81. The lowest BCUT2D eigenvalue weighted by Gasteiger charge is -2.15. The molecule has 0 fully saturated rings. The van der Waals surface area contributed by atoms with Crippen LogP contribution in [-0.2, 0) is 4.79 Å². The molecule has 0 aliphatic heterocycles. The Morgan fingerprint density at radius 2 is 1.68 bits per heavy atom. The lowest BCUT2D eigenvalue weighted by Crippen LogP contribution is -2.30. The van der Waals surface area contributed by atoms with Crippen molar-refractivity contribution in [1.29, 1.82) is 0 Å². The zero-order valence-corrected chi connectivity index (χ0v) is 15.8. The molecule has 1 unspecified atom stereocenters. The van der Waals surface area contributed by atoms with Gasteiger partial charge in [0.05, 0.1) is 0 Å². The molecule has 0 aliphatic rings. The highest BCUT2D eigenvalue weighted by Gasteiger charge is 2.21. The smallest absolute Gasteiger partial charge is 0.266 e. The van der Waals surface area contributed by atoms with Crippen LogP contribution in [0.15, 0.2) is 79.0 Å². The van der Waals surface area contributed by atoms with Crippen LogP contribution in [0.3, 0.4) is 0 Å². The number of pyridine rings is 1. The van der Waals surface area contributed by atoms with Gasteiger partial charge in [0, 0.05) is 11.8 Å². The number of nitrogens with one attached hydrogen (secondary N) is 1. The van der Waals surface area contributed by atoms with E-state index < -0.39 is 6.10 Å². The average molecular weight is 371 g/mol. The van der Waals surface area contributed by atoms with Gasteiger partial charge < -0.3 is 10.1 Å². The number of imidazole rings is 1. The Hall–Kier alpha value is -3.60. The fraction of sp³-hybridized carbons (Fsp3) is 0.130. The highest BCUT2D eigenvalue weighted by atomic mass is 16.5. The number of anilines is 1. The second-order valence-corrected chi connectivity index (χ2v) is 6.67. The lowest BCUT2D eigenvalue weighted by molar-refractivity contribution is -0.122. The predicted octanol–water partition coefficient (Wildman–Crippen LogP) is 4.72. The summed E-state index contributed by atoms with van der Waals surface area (Å²) in [5.74, 6) is 1.06. The molecule has 5 heteroatoms. The second-order valence-electron chi connectivity index (χ2n) is 6.67. The van der Waals surface area contributed by atoms with Crippen LogP contribution in [-0.4, -0.2) is 21.4 Å². The van der Waals surface area contributed by atoms with Crippen molar-refractivity contribution in [2.24, 2.45) is 0 Å². The molecule has 0 aliphatic carbocycles. The van der Waals surface area contributed by atoms with Gasteiger partial charge in [-0.2, -0.15) is 0 Å². The highest BCUT2D eigenvalue weighted by Crippen LogP contribution is 2.29. The van der Waals surface area contributed by atoms with Gasteiger partial charge in [-0.1, -0.05) is 54.6 Å². The first kappa shape index (κ1) is 17.8. The van der Waals surface area contributed by atoms with Crippen LogP contribution in [0.25, 0.3) is 16.9 Å². The molecular formula is C23H21N3O2. The zero-order chi connectivity index (χ0) is 19.5. The molecule has 4 rings (SSSR count). The first-order valence-electron chi connectivity index (χ1n) is 9.18. The molecule has 1 amide bonds. The molecule has 28 heavy (non-hydrogen) atoms. The summed E-state index contributed by atoms with van der Waals surface area (Å²) >= 11 is 0. The molecule has 140 valence electrons. The molecule has 2 aromatic heterocycles. The molecule has 0 saturated carbocycles. The molecule has 0 radical (unpaired) electrons. The number of rotatable bonds is 5. The minimum absolute atomic E-state index is 0.232. The van der Waals surface area contributed by atoms with Gasteiger partial charge in [-0.05, 0) is 37.6 Å². The number of benzene rings is 2. The van der Waals surface area contributed by atoms with Crippen molar-refractivity contribution in [3.63, 3.8) is 0 Å². The van der Waals surface area contributed by atoms with Gasteiger partial charge in [-0.3, -0.25) is 9.20 Å². The molecule has 2 heterocycles. The number of hydrogen-bond acceptors (Lipinski definition) is 3. The van der Waals surface area contributed by atoms with Crippen LogP contribution in [0.2, 0.25) is 0 Å². The predicted molar refractivity (Wildman–Crippen MR) is 111 cm³/mol. The van der Waals surface area contributed by atoms with Gasteiger partial charge >= 0.3 is 0 Å². The summed E-state index contributed by atoms with van der Waals surface area (Å²) in [5.41, 5.74) is 3.52. The Morgan fingerprint density at radius 1 is 1.00 bits per heavy atom. The number of amides is 1. The van der Waals surface area contributed by atoms with Crippen molar-refractivity contribution in [3.8, 4) is 17.0 Å². The van der Waals surface area contributed by atoms with E-state index >= 15 is 0 Å². The van der Waals surface area contributed by atoms with Crippen LogP contribution in [0.4, 0.5) is 5.82 Å². The topological polar surface area (TPSA) is 55.6 Å². The number of carbonyl (C=O) groups is 1. The fourth-order valence-corrected chi connectivity index (χ4v) is 3.04. The van der Waals surface area contributed by atoms with Crippen molar-refractivity contribution < 1.29 is 9.53 Å². The number of carbonyl (C=O) groups excluding carboxylic acids is 1. The number of nitrogens with zero attached hydrogens (tertiary/aromatic N) is 2. The van der Waals surface area contributed by atoms with E-state index in [1.54, 1.807) is 6.92 Å². The van der Waals surface area contributed by atoms with E-state index in [0.717, 1.165) is 22.5 Å². The van der Waals surface area contributed by atoms with Gasteiger partial charge in [0.2, 0.25) is 0 Å². The quantitative estimate of drug-likeness (QED) is 0.552. The van der Waals surface area contributed by atoms with E-state index in [9.17, 15) is 4.79 Å². The Morgan fingerprint density at radius 3 is 2.39 bits per heavy atom. The zero-order valence-electron chi connectivity index (χ0n) is 15.8. The third-order valence-electron chi connectivity index (χ3n) is 4.48. The van der Waals surface area contributed by atoms with E-state index in [2.05, 4.69) is 5.32 Å². The van der Waals surface area contributed by atoms with Gasteiger partial charge in [0.15, 0.2) is 6.10 Å². The number of fused-ring (bicyclic) bond motifs is 1. The summed E-state index contributed by atoms with van der Waals surface area (Å²) in [5, 5.41) is 3.02. The average Bonchev–Trinajstić information content (AvgIpc) is 3.07. The normalized spacial score (nSPS) is 11.9. The largest absolute Gasteiger partial charge is 0.481 e. The maximum absolute atomic E-state index is 12.8. The van der Waals surface area contributed by atoms with Crippen molar-refractivity contribution in [1.82, 2.24) is 9.38 Å². The maximum Gasteiger partial charge on any atom is 0.266 e. The minimum Gasteiger partial charge on any atom is -0.481 e. The number of aromatic nitrogens is 2. The molecule has 5 nitrogen and oxygen atoms in total. The van der Waals surface area contributed by atoms with Gasteiger partial charge in [0.1, 0.15) is 22.9 Å². The molecule has 1 atom stereocenters. The Balaban J connectivity index is 1.68. The van der Waals surface area contributed by atoms with Crippen LogP contribution in [0.1, 0.15) is 12.5 Å². The summed E-state index contributed by atoms with van der Waals surface area (Å²) in [7, 11) is 0. The van der Waals surface area contributed by atoms with E-state index in [-0.39, 0.29) is 5.91 Å². The van der Waals surface area contributed by atoms with Crippen molar-refractivity contribution in [2.45, 2.75) is 20.0 Å². The lowest BCUT2D eigenvalue weighted by atomic mass is 10.1. The molecule has 1 N–H and O–H groups in total. The summed E-state index contributed by atoms with van der Waals surface area (Å²) in [6.45, 7) is 3.74. The fourth-order valence-electron chi connectivity index (χ4n) is 3.04. The van der Waals surface area contributed by atoms with Crippen LogP contribution in [0, 0.1) is 6.92 Å². The first-order chi connectivity index (χ1) is 13.6. The van der Waals surface area contributed by atoms with Crippen molar-refractivity contribution in [3.05, 3.63) is 84.6 Å². The summed E-state index contributed by atoms with van der Waals surface area (Å²) in [6, 6.07) is 23.1. The molecule has 0 spiro atoms. The van der Waals surface area contributed by atoms with Crippen LogP contribution >= 0.6 is 0 Å². The maximum atomic E-state index is 12.8. The highest BCUT2D eigenvalue weighted by molar-refractivity contribution is 5.97. The second kappa shape index (κ2) is 7.56. The van der Waals surface area contributed by atoms with E-state index in [1.165, 1.54) is 0 Å². The van der Waals surface area contributed by atoms with E-state index in [4.69, 9.17) is 9.72 Å². The number of hydrogen-bond donors (Lipinski definition) is 1. The van der Waals surface area contributed by atoms with Crippen LogP contribution in [0.5, 0.6) is 5.75 Å². The Bertz CT molecular complexity index is 1100. The number of para-hydroxylation sites is 1. The summed E-state index contributed by atoms with van der Waals surface area (Å²) < 4.78 is 7.67. The number of aryl methyl sites for hydroxylation is 1. The van der Waals surface area contributed by atoms with Gasteiger partial charge in [-0.25, -0.2) is 4.98 Å². The third-order valence-corrected chi connectivity index (χ3v) is 4.48. The van der Waals surface area contributed by atoms with E-state index in [1.807, 2.05) is 90.3 Å². The van der Waals surface area contributed by atoms with Crippen molar-refractivity contribution >= 4 is 17.4 Å². The molecule has 4 aromatic rings. The van der Waals surface area contributed by atoms with Crippen LogP contribution < -0.4 is 10.1 Å². The molecule has 0 bridgehead atoms. The van der Waals surface area contributed by atoms with Crippen molar-refractivity contribution in [2.75, 3.05) is 5.32 Å². The van der Waals surface area contributed by atoms with E-state index in [0.29, 0.717) is 11.6 Å². The first-order valence-corrected chi connectivity index (χ1v) is 9.18. The SMILES string of the molecule is Cc1ccc2nc(-c3ccccc3)c(NC(=O)C(C)Oc3ccccc3)n2c1. The third kappa shape index (κ3) is 3.60. The molecule has 2 aromatic carbocycles. The summed E-state index contributed by atoms with van der Waals surface area (Å²) in [6.07, 6.45) is 1.31.